The van der Waals surface area contributed by atoms with Gasteiger partial charge >= 0.3 is 6.18 Å². The van der Waals surface area contributed by atoms with Gasteiger partial charge in [0.25, 0.3) is 5.91 Å². The number of nitrogens with zero attached hydrogens (tertiary/aromatic N) is 1. The Labute approximate surface area is 185 Å². The Kier molecular flexibility index (Phi) is 8.13. The van der Waals surface area contributed by atoms with Crippen molar-refractivity contribution in [3.8, 4) is 0 Å². The summed E-state index contributed by atoms with van der Waals surface area (Å²) in [5.74, 6) is -1.15. The first-order valence-corrected chi connectivity index (χ1v) is 10.9. The number of hydrogen-bond acceptors (Lipinski definition) is 5. The fourth-order valence-electron chi connectivity index (χ4n) is 4.13. The molecule has 2 heterocycles. The third kappa shape index (κ3) is 6.66. The molecular weight excluding hydrogens is 427 g/mol. The van der Waals surface area contributed by atoms with E-state index in [9.17, 15) is 22.8 Å². The minimum absolute atomic E-state index is 0.00495. The van der Waals surface area contributed by atoms with E-state index >= 15 is 0 Å². The summed E-state index contributed by atoms with van der Waals surface area (Å²) in [5, 5.41) is 5.31. The Morgan fingerprint density at radius 3 is 2.59 bits per heavy atom. The van der Waals surface area contributed by atoms with Crippen LogP contribution in [0.15, 0.2) is 24.3 Å². The maximum absolute atomic E-state index is 12.8. The minimum Gasteiger partial charge on any atom is -0.381 e. The van der Waals surface area contributed by atoms with Gasteiger partial charge in [-0.3, -0.25) is 14.5 Å². The zero-order chi connectivity index (χ0) is 23.3. The van der Waals surface area contributed by atoms with Crippen LogP contribution in [0.25, 0.3) is 0 Å². The number of benzene rings is 1. The highest BCUT2D eigenvalue weighted by Crippen LogP contribution is 2.29. The zero-order valence-electron chi connectivity index (χ0n) is 18.3. The van der Waals surface area contributed by atoms with E-state index in [4.69, 9.17) is 9.47 Å². The van der Waals surface area contributed by atoms with Crippen molar-refractivity contribution >= 4 is 11.8 Å². The average molecular weight is 457 g/mol. The molecule has 0 radical (unpaired) electrons. The lowest BCUT2D eigenvalue weighted by Crippen LogP contribution is -2.48. The van der Waals surface area contributed by atoms with Crippen molar-refractivity contribution < 1.29 is 32.2 Å². The van der Waals surface area contributed by atoms with Gasteiger partial charge in [0.1, 0.15) is 0 Å². The van der Waals surface area contributed by atoms with E-state index in [1.54, 1.807) is 0 Å². The van der Waals surface area contributed by atoms with E-state index < -0.39 is 23.6 Å². The summed E-state index contributed by atoms with van der Waals surface area (Å²) < 4.78 is 50.0. The number of nitrogens with one attached hydrogen (secondary N) is 2. The van der Waals surface area contributed by atoms with E-state index in [0.29, 0.717) is 19.1 Å². The maximum Gasteiger partial charge on any atom is 0.416 e. The Bertz CT molecular complexity index is 797. The van der Waals surface area contributed by atoms with E-state index in [2.05, 4.69) is 15.5 Å². The standard InChI is InChI=1S/C22H30F3N3O4/c1-14(2)32-19-13-28(17-6-8-31-9-7-17)12-18(19)27-20(29)11-26-21(30)15-4-3-5-16(10-15)22(23,24)25/h3-5,10,14,17-19H,6-9,11-13H2,1-2H3,(H,26,30)(H,27,29)/t18-,19-/m1/s1. The number of ether oxygens (including phenoxy) is 2. The molecule has 2 atom stereocenters. The van der Waals surface area contributed by atoms with E-state index in [1.165, 1.54) is 6.07 Å². The van der Waals surface area contributed by atoms with Crippen LogP contribution in [0.4, 0.5) is 13.2 Å². The van der Waals surface area contributed by atoms with E-state index in [0.717, 1.165) is 44.3 Å². The lowest BCUT2D eigenvalue weighted by Gasteiger charge is -2.31. The maximum atomic E-state index is 12.8. The summed E-state index contributed by atoms with van der Waals surface area (Å²) >= 11 is 0. The molecule has 2 aliphatic rings. The molecule has 7 nitrogen and oxygen atoms in total. The summed E-state index contributed by atoms with van der Waals surface area (Å²) in [6.45, 7) is 6.30. The van der Waals surface area contributed by atoms with E-state index in [-0.39, 0.29) is 30.4 Å². The fourth-order valence-corrected chi connectivity index (χ4v) is 4.13. The molecule has 0 saturated carbocycles. The molecule has 0 unspecified atom stereocenters. The monoisotopic (exact) mass is 457 g/mol. The minimum atomic E-state index is -4.54. The number of halogens is 3. The normalized spacial score (nSPS) is 22.8. The fraction of sp³-hybridized carbons (Fsp3) is 0.636. The lowest BCUT2D eigenvalue weighted by molar-refractivity contribution is -0.137. The Hall–Kier alpha value is -2.17. The van der Waals surface area contributed by atoms with Crippen LogP contribution in [-0.4, -0.2) is 73.9 Å². The molecule has 0 spiro atoms. The highest BCUT2D eigenvalue weighted by Gasteiger charge is 2.38. The molecule has 2 fully saturated rings. The number of likely N-dealkylation sites (tertiary alicyclic amines) is 1. The van der Waals surface area contributed by atoms with Crippen LogP contribution in [0.1, 0.15) is 42.6 Å². The number of carbonyl (C=O) groups excluding carboxylic acids is 2. The van der Waals surface area contributed by atoms with Gasteiger partial charge in [0, 0.05) is 37.9 Å². The zero-order valence-corrected chi connectivity index (χ0v) is 18.3. The van der Waals surface area contributed by atoms with Crippen LogP contribution in [-0.2, 0) is 20.4 Å². The topological polar surface area (TPSA) is 79.9 Å². The van der Waals surface area contributed by atoms with Crippen LogP contribution >= 0.6 is 0 Å². The third-order valence-electron chi connectivity index (χ3n) is 5.66. The molecule has 10 heteroatoms. The van der Waals surface area contributed by atoms with Crippen molar-refractivity contribution in [2.75, 3.05) is 32.8 Å². The van der Waals surface area contributed by atoms with Crippen molar-refractivity contribution in [1.82, 2.24) is 15.5 Å². The number of amides is 2. The second-order valence-electron chi connectivity index (χ2n) is 8.46. The number of hydrogen-bond donors (Lipinski definition) is 2. The molecule has 2 amide bonds. The summed E-state index contributed by atoms with van der Waals surface area (Å²) in [6.07, 6.45) is -2.86. The molecule has 0 bridgehead atoms. The van der Waals surface area contributed by atoms with Gasteiger partial charge in [-0.1, -0.05) is 6.07 Å². The van der Waals surface area contributed by atoms with E-state index in [1.807, 2.05) is 13.8 Å². The molecule has 1 aromatic carbocycles. The molecule has 2 saturated heterocycles. The average Bonchev–Trinajstić information content (AvgIpc) is 3.13. The first-order valence-electron chi connectivity index (χ1n) is 10.9. The van der Waals surface area contributed by atoms with Crippen molar-refractivity contribution in [2.24, 2.45) is 0 Å². The van der Waals surface area contributed by atoms with Crippen LogP contribution in [0.2, 0.25) is 0 Å². The molecule has 1 aromatic rings. The highest BCUT2D eigenvalue weighted by atomic mass is 19.4. The van der Waals surface area contributed by atoms with Crippen LogP contribution < -0.4 is 10.6 Å². The van der Waals surface area contributed by atoms with Crippen molar-refractivity contribution in [3.63, 3.8) is 0 Å². The summed E-state index contributed by atoms with van der Waals surface area (Å²) in [5.41, 5.74) is -1.07. The molecular formula is C22H30F3N3O4. The number of carbonyl (C=O) groups is 2. The van der Waals surface area contributed by atoms with Crippen molar-refractivity contribution in [3.05, 3.63) is 35.4 Å². The van der Waals surface area contributed by atoms with Crippen molar-refractivity contribution in [2.45, 2.75) is 57.2 Å². The predicted octanol–water partition coefficient (Wildman–Crippen LogP) is 2.21. The van der Waals surface area contributed by atoms with Gasteiger partial charge in [-0.15, -0.1) is 0 Å². The summed E-state index contributed by atoms with van der Waals surface area (Å²) in [7, 11) is 0. The Balaban J connectivity index is 1.54. The predicted molar refractivity (Wildman–Crippen MR) is 111 cm³/mol. The number of alkyl halides is 3. The SMILES string of the molecule is CC(C)O[C@@H]1CN(C2CCOCC2)C[C@H]1NC(=O)CNC(=O)c1cccc(C(F)(F)F)c1. The van der Waals surface area contributed by atoms with Gasteiger partial charge < -0.3 is 20.1 Å². The number of rotatable bonds is 7. The van der Waals surface area contributed by atoms with Gasteiger partial charge in [0.05, 0.1) is 30.4 Å². The molecule has 178 valence electrons. The molecule has 2 N–H and O–H groups in total. The first-order chi connectivity index (χ1) is 15.1. The van der Waals surface area contributed by atoms with Gasteiger partial charge in [-0.25, -0.2) is 0 Å². The van der Waals surface area contributed by atoms with Crippen molar-refractivity contribution in [1.29, 1.82) is 0 Å². The lowest BCUT2D eigenvalue weighted by atomic mass is 10.1. The van der Waals surface area contributed by atoms with Crippen LogP contribution in [0.5, 0.6) is 0 Å². The van der Waals surface area contributed by atoms with Gasteiger partial charge in [0.15, 0.2) is 0 Å². The largest absolute Gasteiger partial charge is 0.416 e. The van der Waals surface area contributed by atoms with Gasteiger partial charge in [-0.2, -0.15) is 13.2 Å². The highest BCUT2D eigenvalue weighted by molar-refractivity contribution is 5.96. The molecule has 2 aliphatic heterocycles. The smallest absolute Gasteiger partial charge is 0.381 e. The Morgan fingerprint density at radius 1 is 1.22 bits per heavy atom. The molecule has 3 rings (SSSR count). The van der Waals surface area contributed by atoms with Gasteiger partial charge in [-0.05, 0) is 44.9 Å². The molecule has 0 aliphatic carbocycles. The first kappa shape index (κ1) is 24.5. The third-order valence-corrected chi connectivity index (χ3v) is 5.66. The summed E-state index contributed by atoms with van der Waals surface area (Å²) in [4.78, 5) is 27.0. The quantitative estimate of drug-likeness (QED) is 0.657. The molecule has 32 heavy (non-hydrogen) atoms. The second-order valence-corrected chi connectivity index (χ2v) is 8.46. The molecule has 0 aromatic heterocycles. The Morgan fingerprint density at radius 2 is 1.94 bits per heavy atom. The van der Waals surface area contributed by atoms with Crippen LogP contribution in [0.3, 0.4) is 0 Å². The van der Waals surface area contributed by atoms with Gasteiger partial charge in [0.2, 0.25) is 5.91 Å². The second kappa shape index (κ2) is 10.6. The summed E-state index contributed by atoms with van der Waals surface area (Å²) in [6, 6.07) is 4.24. The van der Waals surface area contributed by atoms with Crippen LogP contribution in [0, 0.1) is 0 Å².